The van der Waals surface area contributed by atoms with E-state index in [0.29, 0.717) is 24.0 Å². The van der Waals surface area contributed by atoms with Crippen LogP contribution in [-0.4, -0.2) is 23.8 Å². The van der Waals surface area contributed by atoms with E-state index in [0.717, 1.165) is 6.54 Å². The van der Waals surface area contributed by atoms with Crippen molar-refractivity contribution >= 4 is 5.78 Å². The van der Waals surface area contributed by atoms with E-state index in [1.54, 1.807) is 0 Å². The van der Waals surface area contributed by atoms with Crippen molar-refractivity contribution in [2.24, 2.45) is 17.8 Å². The average molecular weight is 217 g/mol. The van der Waals surface area contributed by atoms with Gasteiger partial charge in [0, 0.05) is 37.0 Å². The van der Waals surface area contributed by atoms with E-state index in [9.17, 15) is 4.79 Å². The van der Waals surface area contributed by atoms with E-state index in [1.807, 2.05) is 0 Å². The molecule has 1 saturated heterocycles. The van der Waals surface area contributed by atoms with Crippen LogP contribution in [0.5, 0.6) is 0 Å². The van der Waals surface area contributed by atoms with Gasteiger partial charge in [-0.2, -0.15) is 0 Å². The lowest BCUT2D eigenvalue weighted by Gasteiger charge is -2.47. The Labute approximate surface area is 97.0 Å². The normalized spacial score (nSPS) is 37.1. The Morgan fingerprint density at radius 2 is 2.38 bits per heavy atom. The number of carbonyl (C=O) groups excluding carboxylic acids is 1. The van der Waals surface area contributed by atoms with E-state index >= 15 is 0 Å². The lowest BCUT2D eigenvalue weighted by molar-refractivity contribution is -0.123. The molecule has 0 amide bonds. The van der Waals surface area contributed by atoms with E-state index in [1.165, 1.54) is 25.1 Å². The number of hydrogen-bond donors (Lipinski definition) is 0. The monoisotopic (exact) mass is 217 g/mol. The lowest BCUT2D eigenvalue weighted by Crippen LogP contribution is -2.46. The van der Waals surface area contributed by atoms with Gasteiger partial charge in [-0.1, -0.05) is 18.2 Å². The standard InChI is InChI=1S/C14H19NO/c1-2-15-9-8-10-4-3-5-11-13(16)7-6-12(15)14(10)11/h3,5-6,10-11,14H,2,4,7-9H2,1H3. The minimum Gasteiger partial charge on any atom is -0.375 e. The molecule has 1 fully saturated rings. The number of carbonyl (C=O) groups is 1. The number of Topliss-reactive ketones (excluding diaryl/α,β-unsaturated/α-hetero) is 1. The Kier molecular flexibility index (Phi) is 2.38. The third-order valence-corrected chi connectivity index (χ3v) is 4.42. The van der Waals surface area contributed by atoms with Crippen LogP contribution in [0.3, 0.4) is 0 Å². The largest absolute Gasteiger partial charge is 0.375 e. The summed E-state index contributed by atoms with van der Waals surface area (Å²) in [6.07, 6.45) is 9.65. The van der Waals surface area contributed by atoms with Crippen LogP contribution in [-0.2, 0) is 4.79 Å². The van der Waals surface area contributed by atoms with Crippen LogP contribution in [0.4, 0.5) is 0 Å². The van der Waals surface area contributed by atoms with Gasteiger partial charge in [0.2, 0.25) is 0 Å². The second kappa shape index (κ2) is 3.76. The number of hydrogen-bond acceptors (Lipinski definition) is 2. The van der Waals surface area contributed by atoms with Crippen LogP contribution in [0.2, 0.25) is 0 Å². The maximum absolute atomic E-state index is 11.9. The van der Waals surface area contributed by atoms with Crippen molar-refractivity contribution in [2.75, 3.05) is 13.1 Å². The van der Waals surface area contributed by atoms with Crippen LogP contribution >= 0.6 is 0 Å². The summed E-state index contributed by atoms with van der Waals surface area (Å²) in [7, 11) is 0. The first-order valence-corrected chi connectivity index (χ1v) is 6.45. The Morgan fingerprint density at radius 1 is 1.50 bits per heavy atom. The van der Waals surface area contributed by atoms with Gasteiger partial charge in [0.1, 0.15) is 5.78 Å². The maximum Gasteiger partial charge on any atom is 0.144 e. The zero-order valence-electron chi connectivity index (χ0n) is 9.86. The Balaban J connectivity index is 2.00. The molecule has 86 valence electrons. The van der Waals surface area contributed by atoms with Crippen molar-refractivity contribution in [3.05, 3.63) is 23.9 Å². The first-order chi connectivity index (χ1) is 7.81. The lowest BCUT2D eigenvalue weighted by atomic mass is 9.66. The zero-order valence-corrected chi connectivity index (χ0v) is 9.86. The highest BCUT2D eigenvalue weighted by Gasteiger charge is 2.42. The van der Waals surface area contributed by atoms with Gasteiger partial charge in [-0.05, 0) is 25.7 Å². The molecular formula is C14H19NO. The Bertz CT molecular complexity index is 369. The van der Waals surface area contributed by atoms with Gasteiger partial charge in [0.25, 0.3) is 0 Å². The third kappa shape index (κ3) is 1.35. The third-order valence-electron chi connectivity index (χ3n) is 4.42. The number of likely N-dealkylation sites (tertiary alicyclic amines) is 1. The fraction of sp³-hybridized carbons (Fsp3) is 0.643. The van der Waals surface area contributed by atoms with Crippen molar-refractivity contribution in [3.8, 4) is 0 Å². The van der Waals surface area contributed by atoms with Gasteiger partial charge in [-0.15, -0.1) is 0 Å². The predicted octanol–water partition coefficient (Wildman–Crippen LogP) is 2.38. The molecule has 2 heteroatoms. The molecule has 2 nitrogen and oxygen atoms in total. The van der Waals surface area contributed by atoms with Crippen molar-refractivity contribution in [1.29, 1.82) is 0 Å². The number of rotatable bonds is 1. The highest BCUT2D eigenvalue weighted by atomic mass is 16.1. The molecule has 0 N–H and O–H groups in total. The van der Waals surface area contributed by atoms with Crippen LogP contribution in [0.25, 0.3) is 0 Å². The molecule has 3 atom stereocenters. The molecule has 0 spiro atoms. The fourth-order valence-electron chi connectivity index (χ4n) is 3.60. The average Bonchev–Trinajstić information content (AvgIpc) is 2.34. The molecule has 2 aliphatic carbocycles. The Hall–Kier alpha value is -1.05. The van der Waals surface area contributed by atoms with Crippen molar-refractivity contribution in [3.63, 3.8) is 0 Å². The quantitative estimate of drug-likeness (QED) is 0.628. The molecular weight excluding hydrogens is 198 g/mol. The molecule has 0 saturated carbocycles. The fourth-order valence-corrected chi connectivity index (χ4v) is 3.60. The van der Waals surface area contributed by atoms with E-state index in [2.05, 4.69) is 30.1 Å². The minimum absolute atomic E-state index is 0.188. The summed E-state index contributed by atoms with van der Waals surface area (Å²) in [6.45, 7) is 4.48. The summed E-state index contributed by atoms with van der Waals surface area (Å²) in [5.41, 5.74) is 1.47. The molecule has 3 unspecified atom stereocenters. The zero-order chi connectivity index (χ0) is 11.1. The summed E-state index contributed by atoms with van der Waals surface area (Å²) in [4.78, 5) is 14.4. The molecule has 0 aromatic carbocycles. The maximum atomic E-state index is 11.9. The number of nitrogens with zero attached hydrogens (tertiary/aromatic N) is 1. The molecule has 1 aliphatic heterocycles. The molecule has 3 rings (SSSR count). The van der Waals surface area contributed by atoms with Gasteiger partial charge in [-0.25, -0.2) is 0 Å². The van der Waals surface area contributed by atoms with Gasteiger partial charge in [-0.3, -0.25) is 4.79 Å². The molecule has 0 aromatic heterocycles. The van der Waals surface area contributed by atoms with Crippen LogP contribution in [0.15, 0.2) is 23.9 Å². The van der Waals surface area contributed by atoms with Crippen LogP contribution in [0.1, 0.15) is 26.2 Å². The Morgan fingerprint density at radius 3 is 3.19 bits per heavy atom. The summed E-state index contributed by atoms with van der Waals surface area (Å²) >= 11 is 0. The predicted molar refractivity (Wildman–Crippen MR) is 63.8 cm³/mol. The topological polar surface area (TPSA) is 20.3 Å². The van der Waals surface area contributed by atoms with Crippen molar-refractivity contribution in [1.82, 2.24) is 4.90 Å². The van der Waals surface area contributed by atoms with Gasteiger partial charge in [0.05, 0.1) is 0 Å². The molecule has 0 aromatic rings. The number of allylic oxidation sites excluding steroid dienone is 4. The SMILES string of the molecule is CCN1CCC2CC=CC3C(=O)CC=C1C23. The van der Waals surface area contributed by atoms with E-state index in [-0.39, 0.29) is 5.92 Å². The minimum atomic E-state index is 0.188. The summed E-state index contributed by atoms with van der Waals surface area (Å²) in [5, 5.41) is 0. The highest BCUT2D eigenvalue weighted by Crippen LogP contribution is 2.45. The second-order valence-corrected chi connectivity index (χ2v) is 5.14. The molecule has 3 aliphatic rings. The van der Waals surface area contributed by atoms with Crippen molar-refractivity contribution in [2.45, 2.75) is 26.2 Å². The van der Waals surface area contributed by atoms with Crippen molar-refractivity contribution < 1.29 is 4.79 Å². The molecule has 1 heterocycles. The smallest absolute Gasteiger partial charge is 0.144 e. The van der Waals surface area contributed by atoms with E-state index in [4.69, 9.17) is 0 Å². The van der Waals surface area contributed by atoms with Crippen LogP contribution < -0.4 is 0 Å². The highest BCUT2D eigenvalue weighted by molar-refractivity contribution is 5.86. The summed E-state index contributed by atoms with van der Waals surface area (Å²) in [6, 6.07) is 0. The van der Waals surface area contributed by atoms with E-state index < -0.39 is 0 Å². The number of ketones is 1. The first-order valence-electron chi connectivity index (χ1n) is 6.45. The number of piperidine rings is 1. The first kappa shape index (κ1) is 10.1. The molecule has 0 radical (unpaired) electrons. The molecule has 16 heavy (non-hydrogen) atoms. The summed E-state index contributed by atoms with van der Waals surface area (Å²) in [5.74, 6) is 1.83. The summed E-state index contributed by atoms with van der Waals surface area (Å²) < 4.78 is 0. The molecule has 0 bridgehead atoms. The van der Waals surface area contributed by atoms with Gasteiger partial charge >= 0.3 is 0 Å². The van der Waals surface area contributed by atoms with Gasteiger partial charge < -0.3 is 4.90 Å². The van der Waals surface area contributed by atoms with Gasteiger partial charge in [0.15, 0.2) is 0 Å². The van der Waals surface area contributed by atoms with Crippen LogP contribution in [0, 0.1) is 17.8 Å². The second-order valence-electron chi connectivity index (χ2n) is 5.14.